The molecule has 0 aliphatic carbocycles. The van der Waals surface area contributed by atoms with E-state index in [4.69, 9.17) is 5.11 Å². The van der Waals surface area contributed by atoms with Crippen LogP contribution in [-0.4, -0.2) is 115 Å². The maximum Gasteiger partial charge on any atom is 0.326 e. The quantitative estimate of drug-likeness (QED) is 0.0613. The lowest BCUT2D eigenvalue weighted by molar-refractivity contribution is -0.143. The first kappa shape index (κ1) is 36.4. The Balaban J connectivity index is 4.22. The third-order valence-electron chi connectivity index (χ3n) is 5.26. The van der Waals surface area contributed by atoms with Crippen LogP contribution in [-0.2, 0) is 43.2 Å². The monoisotopic (exact) mass is 587 g/mol. The first-order chi connectivity index (χ1) is 19.3. The lowest BCUT2D eigenvalue weighted by Gasteiger charge is -2.16. The second-order valence-corrected chi connectivity index (χ2v) is 8.49. The summed E-state index contributed by atoms with van der Waals surface area (Å²) in [5.74, 6) is -6.92. The van der Waals surface area contributed by atoms with Crippen molar-refractivity contribution in [2.45, 2.75) is 51.1 Å². The Morgan fingerprint density at radius 3 is 1.29 bits per heavy atom. The topological polar surface area (TPSA) is 278 Å². The fraction of sp³-hybridized carbons (Fsp3) is 0.609. The molecule has 0 unspecified atom stereocenters. The van der Waals surface area contributed by atoms with Gasteiger partial charge in [0.1, 0.15) is 12.1 Å². The van der Waals surface area contributed by atoms with Crippen LogP contribution in [0.4, 0.5) is 0 Å². The van der Waals surface area contributed by atoms with E-state index >= 15 is 0 Å². The van der Waals surface area contributed by atoms with Crippen molar-refractivity contribution in [2.75, 3.05) is 39.8 Å². The van der Waals surface area contributed by atoms with Crippen molar-refractivity contribution in [1.82, 2.24) is 37.2 Å². The Morgan fingerprint density at radius 1 is 0.537 bits per heavy atom. The first-order valence-electron chi connectivity index (χ1n) is 12.6. The predicted molar refractivity (Wildman–Crippen MR) is 139 cm³/mol. The van der Waals surface area contributed by atoms with E-state index in [1.54, 1.807) is 6.92 Å². The van der Waals surface area contributed by atoms with Crippen molar-refractivity contribution >= 4 is 53.2 Å². The summed E-state index contributed by atoms with van der Waals surface area (Å²) >= 11 is 0. The molecule has 0 aromatic carbocycles. The molecular weight excluding hydrogens is 550 g/mol. The summed E-state index contributed by atoms with van der Waals surface area (Å²) < 4.78 is 0. The van der Waals surface area contributed by atoms with E-state index in [1.807, 2.05) is 0 Å². The summed E-state index contributed by atoms with van der Waals surface area (Å²) in [6.45, 7) is -0.454. The number of Topliss-reactive ketones (excluding diaryl/α,β-unsaturated/α-hetero) is 1. The zero-order chi connectivity index (χ0) is 31.4. The van der Waals surface area contributed by atoms with Crippen LogP contribution in [0.1, 0.15) is 39.0 Å². The van der Waals surface area contributed by atoms with Crippen molar-refractivity contribution < 1.29 is 53.4 Å². The highest BCUT2D eigenvalue weighted by Gasteiger charge is 2.23. The van der Waals surface area contributed by atoms with Gasteiger partial charge < -0.3 is 47.4 Å². The first-order valence-corrected chi connectivity index (χ1v) is 12.6. The van der Waals surface area contributed by atoms with Gasteiger partial charge in [0.05, 0.1) is 32.7 Å². The highest BCUT2D eigenvalue weighted by molar-refractivity contribution is 5.92. The number of carboxylic acid groups (broad SMARTS) is 2. The summed E-state index contributed by atoms with van der Waals surface area (Å²) in [6.07, 6.45) is -0.737. The molecule has 0 aliphatic heterocycles. The lowest BCUT2D eigenvalue weighted by Crippen LogP contribution is -2.46. The van der Waals surface area contributed by atoms with E-state index in [1.165, 1.54) is 7.05 Å². The number of carbonyl (C=O) groups is 9. The normalized spacial score (nSPS) is 11.7. The van der Waals surface area contributed by atoms with Crippen LogP contribution in [0.2, 0.25) is 0 Å². The fourth-order valence-corrected chi connectivity index (χ4v) is 2.84. The average molecular weight is 588 g/mol. The number of likely N-dealkylation sites (N-methyl/N-ethyl adjacent to an activating group) is 1. The van der Waals surface area contributed by atoms with Gasteiger partial charge in [-0.3, -0.25) is 38.4 Å². The standard InChI is InChI=1S/C23H37N7O11/c1-3-13(31)8-25-18(34)10-27-20(36)12-29-21(37)11-28-19(35)9-26-16(32)6-5-15(23(40)41)30-17(33)7-4-14(24-2)22(38)39/h14-15,24H,3-12H2,1-2H3,(H,25,34)(H,26,32)(H,27,36)(H,28,35)(H,29,37)(H,30,33)(H,38,39)(H,40,41)/t14-,15-/m0/s1. The van der Waals surface area contributed by atoms with Crippen molar-refractivity contribution in [1.29, 1.82) is 0 Å². The number of carboxylic acids is 2. The number of amides is 6. The number of carbonyl (C=O) groups excluding carboxylic acids is 7. The van der Waals surface area contributed by atoms with E-state index < -0.39 is 85.6 Å². The molecule has 0 saturated heterocycles. The summed E-state index contributed by atoms with van der Waals surface area (Å²) in [4.78, 5) is 104. The van der Waals surface area contributed by atoms with Crippen LogP contribution in [0.5, 0.6) is 0 Å². The van der Waals surface area contributed by atoms with Gasteiger partial charge in [-0.2, -0.15) is 0 Å². The van der Waals surface area contributed by atoms with Crippen molar-refractivity contribution in [2.24, 2.45) is 0 Å². The minimum atomic E-state index is -1.42. The number of hydrogen-bond donors (Lipinski definition) is 9. The molecule has 18 heteroatoms. The van der Waals surface area contributed by atoms with Crippen molar-refractivity contribution in [3.63, 3.8) is 0 Å². The molecule has 230 valence electrons. The minimum absolute atomic E-state index is 0.0766. The van der Waals surface area contributed by atoms with E-state index in [-0.39, 0.29) is 44.4 Å². The molecule has 0 bridgehead atoms. The van der Waals surface area contributed by atoms with Gasteiger partial charge >= 0.3 is 11.9 Å². The molecule has 0 saturated carbocycles. The van der Waals surface area contributed by atoms with Gasteiger partial charge in [0.15, 0.2) is 5.78 Å². The van der Waals surface area contributed by atoms with Crippen LogP contribution in [0.15, 0.2) is 0 Å². The number of rotatable bonds is 21. The Morgan fingerprint density at radius 2 is 0.902 bits per heavy atom. The van der Waals surface area contributed by atoms with Gasteiger partial charge in [-0.05, 0) is 19.9 Å². The van der Waals surface area contributed by atoms with E-state index in [2.05, 4.69) is 37.2 Å². The summed E-state index contributed by atoms with van der Waals surface area (Å²) in [5, 5.41) is 34.1. The second-order valence-electron chi connectivity index (χ2n) is 8.49. The minimum Gasteiger partial charge on any atom is -0.480 e. The van der Waals surface area contributed by atoms with Gasteiger partial charge in [0.25, 0.3) is 0 Å². The summed E-state index contributed by atoms with van der Waals surface area (Å²) in [7, 11) is 1.40. The van der Waals surface area contributed by atoms with E-state index in [0.29, 0.717) is 0 Å². The fourth-order valence-electron chi connectivity index (χ4n) is 2.84. The Hall–Kier alpha value is -4.61. The molecule has 6 amide bonds. The lowest BCUT2D eigenvalue weighted by atomic mass is 10.1. The Kier molecular flexibility index (Phi) is 18.0. The summed E-state index contributed by atoms with van der Waals surface area (Å²) in [5.41, 5.74) is 0. The van der Waals surface area contributed by atoms with Crippen LogP contribution in [0, 0.1) is 0 Å². The number of nitrogens with one attached hydrogen (secondary N) is 7. The van der Waals surface area contributed by atoms with Crippen molar-refractivity contribution in [3.05, 3.63) is 0 Å². The Bertz CT molecular complexity index is 987. The smallest absolute Gasteiger partial charge is 0.326 e. The third-order valence-corrected chi connectivity index (χ3v) is 5.26. The molecule has 0 fully saturated rings. The van der Waals surface area contributed by atoms with Gasteiger partial charge in [-0.25, -0.2) is 4.79 Å². The molecule has 41 heavy (non-hydrogen) atoms. The van der Waals surface area contributed by atoms with E-state index in [0.717, 1.165) is 0 Å². The second kappa shape index (κ2) is 20.3. The number of hydrogen-bond acceptors (Lipinski definition) is 10. The van der Waals surface area contributed by atoms with Crippen LogP contribution in [0.3, 0.4) is 0 Å². The molecule has 0 spiro atoms. The molecule has 0 aromatic rings. The molecule has 18 nitrogen and oxygen atoms in total. The molecule has 0 aliphatic rings. The number of aliphatic carboxylic acids is 2. The molecule has 9 N–H and O–H groups in total. The van der Waals surface area contributed by atoms with Gasteiger partial charge in [0, 0.05) is 19.3 Å². The zero-order valence-corrected chi connectivity index (χ0v) is 22.8. The molecule has 0 heterocycles. The summed E-state index contributed by atoms with van der Waals surface area (Å²) in [6, 6.07) is -2.40. The van der Waals surface area contributed by atoms with Gasteiger partial charge in [-0.15, -0.1) is 0 Å². The highest BCUT2D eigenvalue weighted by Crippen LogP contribution is 2.02. The SMILES string of the molecule is CCC(=O)CNC(=O)CNC(=O)CNC(=O)CNC(=O)CNC(=O)CC[C@H](NC(=O)CC[C@H](NC)C(=O)O)C(=O)O. The van der Waals surface area contributed by atoms with Gasteiger partial charge in [0.2, 0.25) is 35.4 Å². The Labute approximate surface area is 235 Å². The highest BCUT2D eigenvalue weighted by atomic mass is 16.4. The molecule has 0 radical (unpaired) electrons. The van der Waals surface area contributed by atoms with E-state index in [9.17, 15) is 48.3 Å². The predicted octanol–water partition coefficient (Wildman–Crippen LogP) is -4.65. The van der Waals surface area contributed by atoms with Gasteiger partial charge in [-0.1, -0.05) is 6.92 Å². The third kappa shape index (κ3) is 18.3. The zero-order valence-electron chi connectivity index (χ0n) is 22.8. The molecular formula is C23H37N7O11. The van der Waals surface area contributed by atoms with Crippen LogP contribution in [0.25, 0.3) is 0 Å². The molecule has 0 rings (SSSR count). The average Bonchev–Trinajstić information content (AvgIpc) is 2.93. The van der Waals surface area contributed by atoms with Crippen molar-refractivity contribution in [3.8, 4) is 0 Å². The largest absolute Gasteiger partial charge is 0.480 e. The maximum atomic E-state index is 12.0. The number of ketones is 1. The molecule has 0 aromatic heterocycles. The maximum absolute atomic E-state index is 12.0. The van der Waals surface area contributed by atoms with Crippen LogP contribution < -0.4 is 37.2 Å². The molecule has 2 atom stereocenters. The van der Waals surface area contributed by atoms with Crippen LogP contribution >= 0.6 is 0 Å².